The number of para-hydroxylation sites is 1. The minimum atomic E-state index is -0.284. The van der Waals surface area contributed by atoms with E-state index in [4.69, 9.17) is 4.74 Å². The third kappa shape index (κ3) is 6.93. The fourth-order valence-electron chi connectivity index (χ4n) is 6.72. The van der Waals surface area contributed by atoms with Gasteiger partial charge in [-0.3, -0.25) is 24.2 Å². The first-order valence-corrected chi connectivity index (χ1v) is 16.4. The molecule has 3 heterocycles. The van der Waals surface area contributed by atoms with Gasteiger partial charge in [-0.05, 0) is 75.0 Å². The van der Waals surface area contributed by atoms with Gasteiger partial charge in [0.05, 0.1) is 29.9 Å². The van der Waals surface area contributed by atoms with Crippen molar-refractivity contribution in [3.8, 4) is 5.75 Å². The minimum Gasteiger partial charge on any atom is -0.494 e. The molecule has 0 saturated carbocycles. The Hall–Kier alpha value is -3.89. The number of rotatable bonds is 8. The molecule has 0 aliphatic carbocycles. The molecule has 46 heavy (non-hydrogen) atoms. The molecule has 3 amide bonds. The quantitative estimate of drug-likeness (QED) is 0.377. The Labute approximate surface area is 273 Å². The number of aromatic nitrogens is 1. The summed E-state index contributed by atoms with van der Waals surface area (Å²) in [6.07, 6.45) is 2.03. The number of carbonyl (C=O) groups is 3. The highest BCUT2D eigenvalue weighted by Gasteiger charge is 2.33. The second-order valence-corrected chi connectivity index (χ2v) is 14.1. The summed E-state index contributed by atoms with van der Waals surface area (Å²) in [5.74, 6) is 0.0559. The first-order chi connectivity index (χ1) is 21.8. The summed E-state index contributed by atoms with van der Waals surface area (Å²) in [5, 5.41) is 7.00. The van der Waals surface area contributed by atoms with Gasteiger partial charge in [0, 0.05) is 51.2 Å². The molecule has 2 aromatic carbocycles. The number of fused-ring (bicyclic) bond motifs is 1. The molecule has 2 N–H and O–H groups in total. The predicted molar refractivity (Wildman–Crippen MR) is 183 cm³/mol. The van der Waals surface area contributed by atoms with E-state index < -0.39 is 0 Å². The van der Waals surface area contributed by atoms with Gasteiger partial charge in [0.1, 0.15) is 5.69 Å². The summed E-state index contributed by atoms with van der Waals surface area (Å²) in [6.45, 7) is 14.8. The van der Waals surface area contributed by atoms with Crippen molar-refractivity contribution in [2.75, 3.05) is 52.2 Å². The summed E-state index contributed by atoms with van der Waals surface area (Å²) < 4.78 is 7.66. The Bertz CT molecular complexity index is 1610. The lowest BCUT2D eigenvalue weighted by Gasteiger charge is -2.37. The lowest BCUT2D eigenvalue weighted by Crippen LogP contribution is -2.52. The van der Waals surface area contributed by atoms with E-state index in [2.05, 4.69) is 47.3 Å². The lowest BCUT2D eigenvalue weighted by molar-refractivity contribution is -0.137. The Kier molecular flexibility index (Phi) is 9.79. The smallest absolute Gasteiger partial charge is 0.272 e. The monoisotopic (exact) mass is 630 g/mol. The highest BCUT2D eigenvalue weighted by molar-refractivity contribution is 6.09. The number of likely N-dealkylation sites (N-methyl/N-ethyl adjacent to an activating group) is 1. The van der Waals surface area contributed by atoms with Crippen LogP contribution in [0.5, 0.6) is 5.75 Å². The normalized spacial score (nSPS) is 17.9. The number of nitrogens with zero attached hydrogens (tertiary/aromatic N) is 4. The maximum Gasteiger partial charge on any atom is 0.272 e. The number of hydrogen-bond donors (Lipinski definition) is 2. The van der Waals surface area contributed by atoms with Crippen molar-refractivity contribution in [2.24, 2.45) is 7.05 Å². The summed E-state index contributed by atoms with van der Waals surface area (Å²) in [5.41, 5.74) is 4.13. The number of methoxy groups -OCH3 is 1. The SMILES string of the molecule is COc1c(NC(=O)c2cc3cccc(CN4CCN(C(=O)[C@@H]5CCCN5C)CC4)c3n2C)cc(C(C)(C)C)cc1C(=O)NC(C)C. The van der Waals surface area contributed by atoms with Crippen LogP contribution < -0.4 is 15.4 Å². The van der Waals surface area contributed by atoms with Crippen molar-refractivity contribution < 1.29 is 19.1 Å². The number of nitrogens with one attached hydrogen (secondary N) is 2. The molecular weight excluding hydrogens is 580 g/mol. The van der Waals surface area contributed by atoms with Crippen LogP contribution >= 0.6 is 0 Å². The standard InChI is InChI=1S/C36H50N6O4/c1-23(2)37-33(43)27-20-26(36(3,4)5)21-28(32(27)46-8)38-34(44)30-19-24-11-9-12-25(31(24)40(30)7)22-41-15-17-42(18-16-41)35(45)29-13-10-14-39(29)6/h9,11-12,19-21,23,29H,10,13-18,22H2,1-8H3,(H,37,43)(H,38,44)/t29-/m0/s1. The Balaban J connectivity index is 1.37. The third-order valence-corrected chi connectivity index (χ3v) is 9.33. The number of anilines is 1. The predicted octanol–water partition coefficient (Wildman–Crippen LogP) is 4.61. The maximum atomic E-state index is 13.9. The molecule has 3 aromatic rings. The van der Waals surface area contributed by atoms with E-state index in [1.54, 1.807) is 0 Å². The molecule has 0 spiro atoms. The zero-order valence-electron chi connectivity index (χ0n) is 28.7. The average Bonchev–Trinajstić information content (AvgIpc) is 3.59. The molecule has 248 valence electrons. The zero-order valence-corrected chi connectivity index (χ0v) is 28.7. The van der Waals surface area contributed by atoms with Crippen molar-refractivity contribution in [3.05, 3.63) is 58.8 Å². The van der Waals surface area contributed by atoms with Crippen LogP contribution in [0, 0.1) is 0 Å². The van der Waals surface area contributed by atoms with Gasteiger partial charge in [0.25, 0.3) is 11.8 Å². The molecule has 2 fully saturated rings. The van der Waals surface area contributed by atoms with Crippen LogP contribution in [0.3, 0.4) is 0 Å². The van der Waals surface area contributed by atoms with Crippen molar-refractivity contribution in [1.29, 1.82) is 0 Å². The van der Waals surface area contributed by atoms with Crippen LogP contribution in [0.1, 0.15) is 79.4 Å². The summed E-state index contributed by atoms with van der Waals surface area (Å²) in [4.78, 5) is 46.8. The van der Waals surface area contributed by atoms with Crippen molar-refractivity contribution in [2.45, 2.75) is 71.5 Å². The average molecular weight is 631 g/mol. The van der Waals surface area contributed by atoms with Crippen LogP contribution in [0.15, 0.2) is 36.4 Å². The van der Waals surface area contributed by atoms with Gasteiger partial charge in [-0.15, -0.1) is 0 Å². The number of hydrogen-bond acceptors (Lipinski definition) is 6. The first-order valence-electron chi connectivity index (χ1n) is 16.4. The molecule has 0 bridgehead atoms. The number of piperazine rings is 1. The van der Waals surface area contributed by atoms with E-state index in [0.717, 1.165) is 74.1 Å². The van der Waals surface area contributed by atoms with E-state index in [0.29, 0.717) is 22.7 Å². The van der Waals surface area contributed by atoms with Crippen molar-refractivity contribution >= 4 is 34.3 Å². The molecule has 2 aliphatic heterocycles. The summed E-state index contributed by atoms with van der Waals surface area (Å²) in [6, 6.07) is 11.8. The number of amides is 3. The first kappa shape index (κ1) is 33.5. The number of likely N-dealkylation sites (tertiary alicyclic amines) is 1. The molecule has 0 unspecified atom stereocenters. The van der Waals surface area contributed by atoms with Gasteiger partial charge >= 0.3 is 0 Å². The number of benzene rings is 2. The van der Waals surface area contributed by atoms with Crippen molar-refractivity contribution in [1.82, 2.24) is 24.6 Å². The second kappa shape index (κ2) is 13.5. The van der Waals surface area contributed by atoms with E-state index >= 15 is 0 Å². The molecule has 1 atom stereocenters. The van der Waals surface area contributed by atoms with Gasteiger partial charge in [0.2, 0.25) is 5.91 Å². The van der Waals surface area contributed by atoms with E-state index in [1.165, 1.54) is 7.11 Å². The number of ether oxygens (including phenoxy) is 1. The van der Waals surface area contributed by atoms with Gasteiger partial charge in [0.15, 0.2) is 5.75 Å². The van der Waals surface area contributed by atoms with Gasteiger partial charge in [-0.25, -0.2) is 0 Å². The molecule has 2 saturated heterocycles. The fraction of sp³-hybridized carbons (Fsp3) is 0.528. The summed E-state index contributed by atoms with van der Waals surface area (Å²) in [7, 11) is 5.48. The minimum absolute atomic E-state index is 0.0212. The van der Waals surface area contributed by atoms with Gasteiger partial charge in [-0.2, -0.15) is 0 Å². The Morgan fingerprint density at radius 3 is 2.30 bits per heavy atom. The zero-order chi connectivity index (χ0) is 33.3. The van der Waals surface area contributed by atoms with E-state index in [1.807, 2.05) is 67.7 Å². The van der Waals surface area contributed by atoms with Gasteiger partial charge in [-0.1, -0.05) is 39.0 Å². The maximum absolute atomic E-state index is 13.9. The van der Waals surface area contributed by atoms with Crippen LogP contribution in [-0.4, -0.2) is 96.0 Å². The van der Waals surface area contributed by atoms with Crippen LogP contribution in [0.4, 0.5) is 5.69 Å². The second-order valence-electron chi connectivity index (χ2n) is 14.1. The Morgan fingerprint density at radius 2 is 1.70 bits per heavy atom. The van der Waals surface area contributed by atoms with E-state index in [-0.39, 0.29) is 35.2 Å². The van der Waals surface area contributed by atoms with E-state index in [9.17, 15) is 14.4 Å². The molecule has 10 nitrogen and oxygen atoms in total. The molecular formula is C36H50N6O4. The van der Waals surface area contributed by atoms with Crippen LogP contribution in [0.2, 0.25) is 0 Å². The molecule has 10 heteroatoms. The van der Waals surface area contributed by atoms with Crippen molar-refractivity contribution in [3.63, 3.8) is 0 Å². The molecule has 2 aliphatic rings. The largest absolute Gasteiger partial charge is 0.494 e. The third-order valence-electron chi connectivity index (χ3n) is 9.33. The van der Waals surface area contributed by atoms with Gasteiger partial charge < -0.3 is 24.8 Å². The molecule has 1 aromatic heterocycles. The number of carbonyl (C=O) groups excluding carboxylic acids is 3. The molecule has 5 rings (SSSR count). The summed E-state index contributed by atoms with van der Waals surface area (Å²) >= 11 is 0. The lowest BCUT2D eigenvalue weighted by atomic mass is 9.85. The van der Waals surface area contributed by atoms with Crippen LogP contribution in [-0.2, 0) is 23.8 Å². The number of aryl methyl sites for hydroxylation is 1. The molecule has 0 radical (unpaired) electrons. The highest BCUT2D eigenvalue weighted by Crippen LogP contribution is 2.36. The topological polar surface area (TPSA) is 99.2 Å². The highest BCUT2D eigenvalue weighted by atomic mass is 16.5. The fourth-order valence-corrected chi connectivity index (χ4v) is 6.72. The van der Waals surface area contributed by atoms with Crippen LogP contribution in [0.25, 0.3) is 10.9 Å². The Morgan fingerprint density at radius 1 is 0.978 bits per heavy atom.